The van der Waals surface area contributed by atoms with Crippen LogP contribution in [0.1, 0.15) is 19.4 Å². The van der Waals surface area contributed by atoms with Gasteiger partial charge in [0.05, 0.1) is 0 Å². The van der Waals surface area contributed by atoms with Gasteiger partial charge in [-0.05, 0) is 80.4 Å². The number of rotatable bonds is 5. The van der Waals surface area contributed by atoms with Gasteiger partial charge in [-0.15, -0.1) is 0 Å². The van der Waals surface area contributed by atoms with Gasteiger partial charge in [0.25, 0.3) is 0 Å². The summed E-state index contributed by atoms with van der Waals surface area (Å²) in [5.74, 6) is 0. The number of allylic oxidation sites excluding steroid dienone is 5. The molecule has 0 aromatic heterocycles. The van der Waals surface area contributed by atoms with E-state index in [9.17, 15) is 0 Å². The molecule has 0 N–H and O–H groups in total. The van der Waals surface area contributed by atoms with Crippen LogP contribution in [0, 0.1) is 0 Å². The molecule has 0 aliphatic carbocycles. The van der Waals surface area contributed by atoms with Crippen LogP contribution >= 0.6 is 0 Å². The minimum Gasteiger partial charge on any atom is -0.0990 e. The second-order valence-electron chi connectivity index (χ2n) is 8.58. The summed E-state index contributed by atoms with van der Waals surface area (Å²) >= 11 is 0. The van der Waals surface area contributed by atoms with Crippen LogP contribution in [0.5, 0.6) is 0 Å². The van der Waals surface area contributed by atoms with E-state index in [0.717, 1.165) is 0 Å². The molecule has 0 saturated carbocycles. The summed E-state index contributed by atoms with van der Waals surface area (Å²) in [4.78, 5) is 0. The van der Waals surface area contributed by atoms with Crippen LogP contribution in [0.4, 0.5) is 0 Å². The van der Waals surface area contributed by atoms with E-state index in [1.165, 1.54) is 60.5 Å². The number of hydrogen-bond acceptors (Lipinski definition) is 0. The zero-order valence-corrected chi connectivity index (χ0v) is 19.8. The first-order valence-electron chi connectivity index (χ1n) is 11.8. The van der Waals surface area contributed by atoms with Crippen molar-refractivity contribution in [3.63, 3.8) is 0 Å². The summed E-state index contributed by atoms with van der Waals surface area (Å²) in [5.41, 5.74) is 8.69. The molecule has 0 bridgehead atoms. The van der Waals surface area contributed by atoms with Gasteiger partial charge in [-0.25, -0.2) is 0 Å². The van der Waals surface area contributed by atoms with Gasteiger partial charge in [0.15, 0.2) is 0 Å². The Morgan fingerprint density at radius 1 is 0.618 bits per heavy atom. The van der Waals surface area contributed by atoms with Crippen LogP contribution in [-0.4, -0.2) is 0 Å². The van der Waals surface area contributed by atoms with Crippen molar-refractivity contribution in [3.8, 4) is 22.3 Å². The third-order valence-corrected chi connectivity index (χ3v) is 6.60. The zero-order valence-electron chi connectivity index (χ0n) is 19.8. The average Bonchev–Trinajstić information content (AvgIpc) is 2.90. The number of fused-ring (bicyclic) bond motifs is 2. The SMILES string of the molecule is C=C/C=C(\C(C)=C/C)c1ccc2c(-c3ccccc3)c3ccccc3c(-c3ccccc3)c2c1. The predicted molar refractivity (Wildman–Crippen MR) is 150 cm³/mol. The standard InChI is InChI=1S/C34H28/c1-4-14-28(24(3)5-2)27-21-22-31-32(23-27)34(26-17-10-7-11-18-26)30-20-13-12-19-29(30)33(31)25-15-8-6-9-16-25/h4-23H,1H2,2-3H3/b24-5-,28-14+. The van der Waals surface area contributed by atoms with Crippen LogP contribution in [0.15, 0.2) is 134 Å². The Morgan fingerprint density at radius 2 is 1.12 bits per heavy atom. The molecule has 0 aliphatic rings. The van der Waals surface area contributed by atoms with Crippen LogP contribution in [0.25, 0.3) is 49.4 Å². The van der Waals surface area contributed by atoms with Gasteiger partial charge in [-0.1, -0.05) is 122 Å². The Morgan fingerprint density at radius 3 is 1.65 bits per heavy atom. The molecule has 5 aromatic carbocycles. The summed E-state index contributed by atoms with van der Waals surface area (Å²) in [6.45, 7) is 8.21. The molecule has 0 unspecified atom stereocenters. The third-order valence-electron chi connectivity index (χ3n) is 6.60. The predicted octanol–water partition coefficient (Wildman–Crippen LogP) is 9.86. The highest BCUT2D eigenvalue weighted by molar-refractivity contribution is 6.21. The van der Waals surface area contributed by atoms with Gasteiger partial charge in [-0.2, -0.15) is 0 Å². The molecule has 0 aliphatic heterocycles. The highest BCUT2D eigenvalue weighted by Crippen LogP contribution is 2.44. The highest BCUT2D eigenvalue weighted by atomic mass is 14.2. The first-order chi connectivity index (χ1) is 16.7. The molecule has 0 amide bonds. The van der Waals surface area contributed by atoms with E-state index in [2.05, 4.69) is 136 Å². The maximum absolute atomic E-state index is 3.96. The Kier molecular flexibility index (Phi) is 5.97. The fourth-order valence-electron chi connectivity index (χ4n) is 4.91. The first-order valence-corrected chi connectivity index (χ1v) is 11.8. The lowest BCUT2D eigenvalue weighted by molar-refractivity contribution is 1.47. The van der Waals surface area contributed by atoms with E-state index in [-0.39, 0.29) is 0 Å². The van der Waals surface area contributed by atoms with E-state index in [1.807, 2.05) is 6.08 Å². The Bertz CT molecular complexity index is 1550. The van der Waals surface area contributed by atoms with Gasteiger partial charge in [0.2, 0.25) is 0 Å². The maximum atomic E-state index is 3.96. The average molecular weight is 437 g/mol. The fraction of sp³-hybridized carbons (Fsp3) is 0.0588. The molecule has 0 fully saturated rings. The van der Waals surface area contributed by atoms with E-state index < -0.39 is 0 Å². The Labute approximate surface area is 202 Å². The summed E-state index contributed by atoms with van der Waals surface area (Å²) in [7, 11) is 0. The monoisotopic (exact) mass is 436 g/mol. The van der Waals surface area contributed by atoms with Crippen LogP contribution in [0.2, 0.25) is 0 Å². The maximum Gasteiger partial charge on any atom is -0.00262 e. The normalized spacial score (nSPS) is 12.3. The summed E-state index contributed by atoms with van der Waals surface area (Å²) < 4.78 is 0. The summed E-state index contributed by atoms with van der Waals surface area (Å²) in [6.07, 6.45) is 6.14. The molecule has 5 aromatic rings. The van der Waals surface area contributed by atoms with Crippen molar-refractivity contribution in [2.24, 2.45) is 0 Å². The Hall–Kier alpha value is -4.16. The zero-order chi connectivity index (χ0) is 23.5. The number of hydrogen-bond donors (Lipinski definition) is 0. The largest absolute Gasteiger partial charge is 0.0990 e. The second kappa shape index (κ2) is 9.37. The van der Waals surface area contributed by atoms with Crippen molar-refractivity contribution < 1.29 is 0 Å². The van der Waals surface area contributed by atoms with Crippen molar-refractivity contribution in [2.45, 2.75) is 13.8 Å². The quantitative estimate of drug-likeness (QED) is 0.190. The third kappa shape index (κ3) is 3.78. The Balaban J connectivity index is 1.97. The molecule has 0 radical (unpaired) electrons. The van der Waals surface area contributed by atoms with E-state index >= 15 is 0 Å². The van der Waals surface area contributed by atoms with E-state index in [4.69, 9.17) is 0 Å². The number of benzene rings is 5. The topological polar surface area (TPSA) is 0 Å². The van der Waals surface area contributed by atoms with Crippen molar-refractivity contribution in [2.75, 3.05) is 0 Å². The lowest BCUT2D eigenvalue weighted by atomic mass is 9.84. The molecule has 0 saturated heterocycles. The molecular weight excluding hydrogens is 408 g/mol. The molecule has 0 atom stereocenters. The smallest absolute Gasteiger partial charge is 0.00262 e. The van der Waals surface area contributed by atoms with Crippen molar-refractivity contribution in [1.82, 2.24) is 0 Å². The minimum atomic E-state index is 1.20. The van der Waals surface area contributed by atoms with Crippen molar-refractivity contribution in [1.29, 1.82) is 0 Å². The molecule has 0 heteroatoms. The minimum absolute atomic E-state index is 1.20. The van der Waals surface area contributed by atoms with Gasteiger partial charge in [0, 0.05) is 0 Å². The summed E-state index contributed by atoms with van der Waals surface area (Å²) in [5, 5.41) is 5.08. The van der Waals surface area contributed by atoms with Crippen LogP contribution < -0.4 is 0 Å². The van der Waals surface area contributed by atoms with Gasteiger partial charge in [-0.3, -0.25) is 0 Å². The van der Waals surface area contributed by atoms with Gasteiger partial charge < -0.3 is 0 Å². The van der Waals surface area contributed by atoms with Gasteiger partial charge in [0.1, 0.15) is 0 Å². The van der Waals surface area contributed by atoms with E-state index in [0.29, 0.717) is 0 Å². The van der Waals surface area contributed by atoms with Crippen molar-refractivity contribution in [3.05, 3.63) is 139 Å². The second-order valence-corrected chi connectivity index (χ2v) is 8.58. The molecule has 0 spiro atoms. The van der Waals surface area contributed by atoms with E-state index in [1.54, 1.807) is 0 Å². The van der Waals surface area contributed by atoms with Crippen molar-refractivity contribution >= 4 is 27.1 Å². The summed E-state index contributed by atoms with van der Waals surface area (Å²) in [6, 6.07) is 37.2. The lowest BCUT2D eigenvalue weighted by Crippen LogP contribution is -1.93. The molecule has 34 heavy (non-hydrogen) atoms. The molecule has 5 rings (SSSR count). The van der Waals surface area contributed by atoms with Gasteiger partial charge >= 0.3 is 0 Å². The van der Waals surface area contributed by atoms with Crippen LogP contribution in [0.3, 0.4) is 0 Å². The lowest BCUT2D eigenvalue weighted by Gasteiger charge is -2.19. The highest BCUT2D eigenvalue weighted by Gasteiger charge is 2.17. The first kappa shape index (κ1) is 21.7. The molecule has 0 heterocycles. The molecule has 0 nitrogen and oxygen atoms in total. The fourth-order valence-corrected chi connectivity index (χ4v) is 4.91. The molecule has 164 valence electrons. The molecular formula is C34H28. The van der Waals surface area contributed by atoms with Crippen LogP contribution in [-0.2, 0) is 0 Å².